The quantitative estimate of drug-likeness (QED) is 0.835. The summed E-state index contributed by atoms with van der Waals surface area (Å²) in [5.41, 5.74) is 0.729. The van der Waals surface area contributed by atoms with Crippen LogP contribution in [0.3, 0.4) is 0 Å². The summed E-state index contributed by atoms with van der Waals surface area (Å²) in [4.78, 5) is 13.9. The lowest BCUT2D eigenvalue weighted by atomic mass is 9.89. The van der Waals surface area contributed by atoms with Crippen molar-refractivity contribution in [2.45, 2.75) is 31.8 Å². The molecule has 21 heavy (non-hydrogen) atoms. The second kappa shape index (κ2) is 6.70. The molecule has 0 atom stereocenters. The van der Waals surface area contributed by atoms with Crippen LogP contribution in [0.15, 0.2) is 24.3 Å². The molecule has 0 spiro atoms. The van der Waals surface area contributed by atoms with Crippen molar-refractivity contribution in [2.75, 3.05) is 25.0 Å². The van der Waals surface area contributed by atoms with Crippen LogP contribution in [-0.2, 0) is 4.79 Å². The van der Waals surface area contributed by atoms with Crippen LogP contribution in [-0.4, -0.2) is 41.1 Å². The standard InChI is InChI=1S/C16H21N3O2/c1-2-8-16(21)11-19(12-16)9-7-15(20)18-14-5-3-13(10-17)4-6-14/h3-6,21H,2,7-9,11-12H2,1H3,(H,18,20). The van der Waals surface area contributed by atoms with Crippen LogP contribution >= 0.6 is 0 Å². The summed E-state index contributed by atoms with van der Waals surface area (Å²) in [7, 11) is 0. The number of benzene rings is 1. The highest BCUT2D eigenvalue weighted by molar-refractivity contribution is 5.90. The molecule has 1 aromatic carbocycles. The predicted molar refractivity (Wildman–Crippen MR) is 80.7 cm³/mol. The van der Waals surface area contributed by atoms with Gasteiger partial charge in [0.2, 0.25) is 5.91 Å². The van der Waals surface area contributed by atoms with Crippen molar-refractivity contribution < 1.29 is 9.90 Å². The number of nitrogens with zero attached hydrogens (tertiary/aromatic N) is 2. The lowest BCUT2D eigenvalue weighted by molar-refractivity contribution is -0.121. The molecule has 0 aromatic heterocycles. The fraction of sp³-hybridized carbons (Fsp3) is 0.500. The second-order valence-electron chi connectivity index (χ2n) is 5.67. The Bertz CT molecular complexity index is 527. The molecule has 1 aromatic rings. The topological polar surface area (TPSA) is 76.4 Å². The molecule has 1 heterocycles. The highest BCUT2D eigenvalue weighted by atomic mass is 16.3. The number of hydrogen-bond acceptors (Lipinski definition) is 4. The predicted octanol–water partition coefficient (Wildman–Crippen LogP) is 1.73. The minimum atomic E-state index is -0.543. The van der Waals surface area contributed by atoms with E-state index in [4.69, 9.17) is 5.26 Å². The summed E-state index contributed by atoms with van der Waals surface area (Å²) in [6.07, 6.45) is 2.20. The number of carbonyl (C=O) groups excluding carboxylic acids is 1. The summed E-state index contributed by atoms with van der Waals surface area (Å²) in [6, 6.07) is 8.84. The van der Waals surface area contributed by atoms with E-state index < -0.39 is 5.60 Å². The number of amides is 1. The van der Waals surface area contributed by atoms with Crippen LogP contribution in [0.4, 0.5) is 5.69 Å². The molecule has 0 radical (unpaired) electrons. The van der Waals surface area contributed by atoms with Gasteiger partial charge in [0.1, 0.15) is 0 Å². The van der Waals surface area contributed by atoms with Gasteiger partial charge in [0, 0.05) is 31.7 Å². The molecule has 0 unspecified atom stereocenters. The molecule has 2 N–H and O–H groups in total. The third kappa shape index (κ3) is 4.28. The van der Waals surface area contributed by atoms with Gasteiger partial charge in [-0.05, 0) is 30.7 Å². The molecule has 2 rings (SSSR count). The van der Waals surface area contributed by atoms with Crippen molar-refractivity contribution in [3.63, 3.8) is 0 Å². The molecular weight excluding hydrogens is 266 g/mol. The van der Waals surface area contributed by atoms with Gasteiger partial charge in [-0.1, -0.05) is 13.3 Å². The lowest BCUT2D eigenvalue weighted by Crippen LogP contribution is -2.61. The zero-order valence-electron chi connectivity index (χ0n) is 12.3. The van der Waals surface area contributed by atoms with Crippen LogP contribution in [0, 0.1) is 11.3 Å². The normalized spacial score (nSPS) is 16.8. The van der Waals surface area contributed by atoms with Crippen molar-refractivity contribution in [1.29, 1.82) is 5.26 Å². The SMILES string of the molecule is CCCC1(O)CN(CCC(=O)Nc2ccc(C#N)cc2)C1. The number of likely N-dealkylation sites (tertiary alicyclic amines) is 1. The van der Waals surface area contributed by atoms with E-state index in [2.05, 4.69) is 17.1 Å². The van der Waals surface area contributed by atoms with Crippen molar-refractivity contribution in [1.82, 2.24) is 4.90 Å². The first kappa shape index (κ1) is 15.5. The van der Waals surface area contributed by atoms with Crippen LogP contribution in [0.25, 0.3) is 0 Å². The van der Waals surface area contributed by atoms with E-state index >= 15 is 0 Å². The van der Waals surface area contributed by atoms with E-state index in [0.29, 0.717) is 37.3 Å². The first-order chi connectivity index (χ1) is 10.0. The first-order valence-electron chi connectivity index (χ1n) is 7.29. The number of hydrogen-bond donors (Lipinski definition) is 2. The molecule has 1 fully saturated rings. The Hall–Kier alpha value is -1.90. The number of nitrogens with one attached hydrogen (secondary N) is 1. The number of anilines is 1. The van der Waals surface area contributed by atoms with Crippen molar-refractivity contribution >= 4 is 11.6 Å². The second-order valence-corrected chi connectivity index (χ2v) is 5.67. The highest BCUT2D eigenvalue weighted by Crippen LogP contribution is 2.25. The molecule has 1 saturated heterocycles. The van der Waals surface area contributed by atoms with E-state index in [-0.39, 0.29) is 5.91 Å². The Balaban J connectivity index is 1.70. The van der Waals surface area contributed by atoms with E-state index in [9.17, 15) is 9.90 Å². The number of carbonyl (C=O) groups is 1. The minimum absolute atomic E-state index is 0.0503. The average Bonchev–Trinajstić information content (AvgIpc) is 2.44. The van der Waals surface area contributed by atoms with Gasteiger partial charge in [0.15, 0.2) is 0 Å². The molecule has 5 heteroatoms. The molecule has 112 valence electrons. The molecular formula is C16H21N3O2. The summed E-state index contributed by atoms with van der Waals surface area (Å²) in [6.45, 7) is 4.04. The lowest BCUT2D eigenvalue weighted by Gasteiger charge is -2.46. The molecule has 1 amide bonds. The maximum atomic E-state index is 11.8. The minimum Gasteiger partial charge on any atom is -0.387 e. The third-order valence-electron chi connectivity index (χ3n) is 3.70. The summed E-state index contributed by atoms with van der Waals surface area (Å²) in [5.74, 6) is -0.0503. The Kier molecular flexibility index (Phi) is 4.94. The molecule has 0 saturated carbocycles. The maximum absolute atomic E-state index is 11.8. The molecule has 1 aliphatic heterocycles. The van der Waals surface area contributed by atoms with Crippen LogP contribution < -0.4 is 5.32 Å². The van der Waals surface area contributed by atoms with Gasteiger partial charge in [0.05, 0.1) is 17.2 Å². The molecule has 0 aliphatic carbocycles. The van der Waals surface area contributed by atoms with Crippen molar-refractivity contribution in [3.8, 4) is 6.07 Å². The van der Waals surface area contributed by atoms with Gasteiger partial charge < -0.3 is 10.4 Å². The summed E-state index contributed by atoms with van der Waals surface area (Å²) >= 11 is 0. The van der Waals surface area contributed by atoms with Gasteiger partial charge in [0.25, 0.3) is 0 Å². The average molecular weight is 287 g/mol. The van der Waals surface area contributed by atoms with Crippen LogP contribution in [0.5, 0.6) is 0 Å². The highest BCUT2D eigenvalue weighted by Gasteiger charge is 2.39. The fourth-order valence-electron chi connectivity index (χ4n) is 2.68. The number of nitriles is 1. The van der Waals surface area contributed by atoms with Gasteiger partial charge >= 0.3 is 0 Å². The molecule has 0 bridgehead atoms. The van der Waals surface area contributed by atoms with Crippen molar-refractivity contribution in [2.24, 2.45) is 0 Å². The Morgan fingerprint density at radius 3 is 2.67 bits per heavy atom. The Labute approximate surface area is 125 Å². The maximum Gasteiger partial charge on any atom is 0.225 e. The Morgan fingerprint density at radius 2 is 2.10 bits per heavy atom. The smallest absolute Gasteiger partial charge is 0.225 e. The van der Waals surface area contributed by atoms with E-state index in [0.717, 1.165) is 12.8 Å². The van der Waals surface area contributed by atoms with E-state index in [1.807, 2.05) is 6.07 Å². The molecule has 1 aliphatic rings. The fourth-order valence-corrected chi connectivity index (χ4v) is 2.68. The van der Waals surface area contributed by atoms with Gasteiger partial charge in [-0.3, -0.25) is 9.69 Å². The third-order valence-corrected chi connectivity index (χ3v) is 3.70. The zero-order chi connectivity index (χ0) is 15.3. The van der Waals surface area contributed by atoms with Crippen LogP contribution in [0.1, 0.15) is 31.7 Å². The van der Waals surface area contributed by atoms with Gasteiger partial charge in [-0.25, -0.2) is 0 Å². The monoisotopic (exact) mass is 287 g/mol. The largest absolute Gasteiger partial charge is 0.387 e. The number of aliphatic hydroxyl groups is 1. The van der Waals surface area contributed by atoms with Gasteiger partial charge in [-0.15, -0.1) is 0 Å². The zero-order valence-corrected chi connectivity index (χ0v) is 12.3. The Morgan fingerprint density at radius 1 is 1.43 bits per heavy atom. The van der Waals surface area contributed by atoms with Gasteiger partial charge in [-0.2, -0.15) is 5.26 Å². The van der Waals surface area contributed by atoms with Crippen molar-refractivity contribution in [3.05, 3.63) is 29.8 Å². The van der Waals surface area contributed by atoms with E-state index in [1.165, 1.54) is 0 Å². The number of rotatable bonds is 6. The summed E-state index contributed by atoms with van der Waals surface area (Å²) in [5, 5.41) is 21.6. The molecule has 5 nitrogen and oxygen atoms in total. The number of β-amino-alcohol motifs (C(OH)–C–C–N with tert-alkyl or cyclic N) is 1. The first-order valence-corrected chi connectivity index (χ1v) is 7.29. The van der Waals surface area contributed by atoms with E-state index in [1.54, 1.807) is 24.3 Å². The van der Waals surface area contributed by atoms with Crippen LogP contribution in [0.2, 0.25) is 0 Å². The summed E-state index contributed by atoms with van der Waals surface area (Å²) < 4.78 is 0.